The summed E-state index contributed by atoms with van der Waals surface area (Å²) in [4.78, 5) is 16.2. The number of pyridine rings is 1. The molecule has 0 bridgehead atoms. The highest BCUT2D eigenvalue weighted by Gasteiger charge is 2.16. The molecule has 0 aliphatic heterocycles. The van der Waals surface area contributed by atoms with Gasteiger partial charge in [0.1, 0.15) is 5.82 Å². The summed E-state index contributed by atoms with van der Waals surface area (Å²) in [5.41, 5.74) is 12.1. The minimum absolute atomic E-state index is 0.141. The predicted molar refractivity (Wildman–Crippen MR) is 75.3 cm³/mol. The van der Waals surface area contributed by atoms with Gasteiger partial charge in [0, 0.05) is 18.3 Å². The van der Waals surface area contributed by atoms with Crippen molar-refractivity contribution >= 4 is 17.4 Å². The zero-order chi connectivity index (χ0) is 15.4. The van der Waals surface area contributed by atoms with Crippen LogP contribution in [0.1, 0.15) is 5.56 Å². The van der Waals surface area contributed by atoms with Crippen LogP contribution in [0.3, 0.4) is 0 Å². The average molecular weight is 292 g/mol. The maximum atomic E-state index is 13.8. The van der Waals surface area contributed by atoms with Gasteiger partial charge in [0.15, 0.2) is 11.6 Å². The molecule has 0 radical (unpaired) electrons. The summed E-state index contributed by atoms with van der Waals surface area (Å²) in [6, 6.07) is 7.61. The van der Waals surface area contributed by atoms with Crippen LogP contribution in [0.15, 0.2) is 36.5 Å². The largest absolute Gasteiger partial charge is 0.399 e. The highest BCUT2D eigenvalue weighted by molar-refractivity contribution is 5.79. The fourth-order valence-electron chi connectivity index (χ4n) is 1.95. The lowest BCUT2D eigenvalue weighted by Crippen LogP contribution is -2.34. The van der Waals surface area contributed by atoms with Gasteiger partial charge in [-0.05, 0) is 17.7 Å². The Bertz CT molecular complexity index is 663. The molecule has 0 atom stereocenters. The summed E-state index contributed by atoms with van der Waals surface area (Å²) >= 11 is 0. The van der Waals surface area contributed by atoms with E-state index in [-0.39, 0.29) is 18.9 Å². The third-order valence-corrected chi connectivity index (χ3v) is 2.76. The van der Waals surface area contributed by atoms with Crippen LogP contribution in [-0.2, 0) is 11.3 Å². The average Bonchev–Trinajstić information content (AvgIpc) is 2.37. The molecule has 0 saturated heterocycles. The molecule has 0 fully saturated rings. The Labute approximate surface area is 120 Å². The monoisotopic (exact) mass is 292 g/mol. The van der Waals surface area contributed by atoms with Crippen LogP contribution in [-0.4, -0.2) is 17.4 Å². The quantitative estimate of drug-likeness (QED) is 0.816. The van der Waals surface area contributed by atoms with Gasteiger partial charge in [-0.25, -0.2) is 13.8 Å². The van der Waals surface area contributed by atoms with E-state index in [2.05, 4.69) is 4.98 Å². The van der Waals surface area contributed by atoms with E-state index in [4.69, 9.17) is 11.5 Å². The number of carbonyl (C=O) groups excluding carboxylic acids is 1. The third-order valence-electron chi connectivity index (χ3n) is 2.76. The summed E-state index contributed by atoms with van der Waals surface area (Å²) in [7, 11) is 0. The summed E-state index contributed by atoms with van der Waals surface area (Å²) in [6.45, 7) is -0.0755. The summed E-state index contributed by atoms with van der Waals surface area (Å²) in [5.74, 6) is -2.44. The molecule has 0 aliphatic rings. The molecule has 110 valence electrons. The molecule has 0 saturated carbocycles. The molecule has 1 aromatic heterocycles. The number of halogens is 2. The van der Waals surface area contributed by atoms with Gasteiger partial charge in [0.2, 0.25) is 5.91 Å². The van der Waals surface area contributed by atoms with E-state index in [1.165, 1.54) is 4.90 Å². The molecule has 0 unspecified atom stereocenters. The zero-order valence-corrected chi connectivity index (χ0v) is 11.1. The maximum absolute atomic E-state index is 13.8. The van der Waals surface area contributed by atoms with Gasteiger partial charge < -0.3 is 16.4 Å². The molecule has 2 rings (SSSR count). The minimum atomic E-state index is -0.861. The Morgan fingerprint density at radius 3 is 2.67 bits per heavy atom. The first kappa shape index (κ1) is 14.7. The van der Waals surface area contributed by atoms with Crippen molar-refractivity contribution < 1.29 is 13.6 Å². The molecule has 5 nitrogen and oxygen atoms in total. The first-order chi connectivity index (χ1) is 9.95. The van der Waals surface area contributed by atoms with Crippen LogP contribution in [0.2, 0.25) is 0 Å². The van der Waals surface area contributed by atoms with Crippen molar-refractivity contribution in [3.63, 3.8) is 0 Å². The van der Waals surface area contributed by atoms with Crippen LogP contribution < -0.4 is 16.4 Å². The topological polar surface area (TPSA) is 85.2 Å². The smallest absolute Gasteiger partial charge is 0.237 e. The number of aromatic nitrogens is 1. The number of nitrogens with two attached hydrogens (primary N) is 2. The number of carbonyl (C=O) groups is 1. The fraction of sp³-hybridized carbons (Fsp3) is 0.143. The SMILES string of the molecule is NC(=O)CN(Cc1cccc(N)c1)c1ncc(F)cc1F. The van der Waals surface area contributed by atoms with E-state index < -0.39 is 17.5 Å². The number of nitrogen functional groups attached to an aromatic ring is 1. The van der Waals surface area contributed by atoms with Crippen molar-refractivity contribution in [1.82, 2.24) is 4.98 Å². The molecule has 7 heteroatoms. The highest BCUT2D eigenvalue weighted by atomic mass is 19.1. The number of hydrogen-bond acceptors (Lipinski definition) is 4. The first-order valence-corrected chi connectivity index (χ1v) is 6.14. The number of hydrogen-bond donors (Lipinski definition) is 2. The van der Waals surface area contributed by atoms with E-state index in [0.29, 0.717) is 11.8 Å². The number of anilines is 2. The van der Waals surface area contributed by atoms with Crippen molar-refractivity contribution in [2.75, 3.05) is 17.2 Å². The van der Waals surface area contributed by atoms with Crippen LogP contribution >= 0.6 is 0 Å². The minimum Gasteiger partial charge on any atom is -0.399 e. The molecule has 0 spiro atoms. The van der Waals surface area contributed by atoms with Gasteiger partial charge >= 0.3 is 0 Å². The second-order valence-corrected chi connectivity index (χ2v) is 4.53. The fourth-order valence-corrected chi connectivity index (χ4v) is 1.95. The van der Waals surface area contributed by atoms with Crippen LogP contribution in [0.25, 0.3) is 0 Å². The van der Waals surface area contributed by atoms with Gasteiger partial charge in [0.25, 0.3) is 0 Å². The van der Waals surface area contributed by atoms with Crippen molar-refractivity contribution in [2.45, 2.75) is 6.54 Å². The van der Waals surface area contributed by atoms with Gasteiger partial charge in [0.05, 0.1) is 12.7 Å². The Kier molecular flexibility index (Phi) is 4.32. The number of primary amides is 1. The standard InChI is InChI=1S/C14H14F2N4O/c15-10-5-12(16)14(19-6-10)20(8-13(18)21)7-9-2-1-3-11(17)4-9/h1-6H,7-8,17H2,(H2,18,21). The van der Waals surface area contributed by atoms with Crippen molar-refractivity contribution in [2.24, 2.45) is 5.73 Å². The van der Waals surface area contributed by atoms with E-state index in [1.807, 2.05) is 0 Å². The molecular weight excluding hydrogens is 278 g/mol. The molecule has 4 N–H and O–H groups in total. The first-order valence-electron chi connectivity index (χ1n) is 6.14. The van der Waals surface area contributed by atoms with E-state index in [1.54, 1.807) is 24.3 Å². The number of amides is 1. The molecule has 2 aromatic rings. The second kappa shape index (κ2) is 6.17. The third kappa shape index (κ3) is 3.88. The van der Waals surface area contributed by atoms with Crippen LogP contribution in [0, 0.1) is 11.6 Å². The van der Waals surface area contributed by atoms with Gasteiger partial charge in [-0.2, -0.15) is 0 Å². The van der Waals surface area contributed by atoms with Gasteiger partial charge in [-0.3, -0.25) is 4.79 Å². The highest BCUT2D eigenvalue weighted by Crippen LogP contribution is 2.19. The van der Waals surface area contributed by atoms with Crippen molar-refractivity contribution in [3.05, 3.63) is 53.7 Å². The number of nitrogens with zero attached hydrogens (tertiary/aromatic N) is 2. The zero-order valence-electron chi connectivity index (χ0n) is 11.1. The summed E-state index contributed by atoms with van der Waals surface area (Å²) in [5, 5.41) is 0. The lowest BCUT2D eigenvalue weighted by molar-refractivity contribution is -0.116. The molecule has 21 heavy (non-hydrogen) atoms. The number of benzene rings is 1. The van der Waals surface area contributed by atoms with E-state index >= 15 is 0 Å². The van der Waals surface area contributed by atoms with Gasteiger partial charge in [-0.1, -0.05) is 12.1 Å². The number of rotatable bonds is 5. The van der Waals surface area contributed by atoms with Crippen LogP contribution in [0.5, 0.6) is 0 Å². The lowest BCUT2D eigenvalue weighted by Gasteiger charge is -2.22. The predicted octanol–water partition coefficient (Wildman–Crippen LogP) is 1.43. The molecule has 1 aromatic carbocycles. The van der Waals surface area contributed by atoms with Crippen LogP contribution in [0.4, 0.5) is 20.3 Å². The molecular formula is C14H14F2N4O. The Balaban J connectivity index is 2.31. The molecule has 0 aliphatic carbocycles. The van der Waals surface area contributed by atoms with Crippen molar-refractivity contribution in [1.29, 1.82) is 0 Å². The Morgan fingerprint density at radius 1 is 1.29 bits per heavy atom. The Morgan fingerprint density at radius 2 is 2.05 bits per heavy atom. The van der Waals surface area contributed by atoms with Crippen molar-refractivity contribution in [3.8, 4) is 0 Å². The second-order valence-electron chi connectivity index (χ2n) is 4.53. The van der Waals surface area contributed by atoms with Gasteiger partial charge in [-0.15, -0.1) is 0 Å². The summed E-state index contributed by atoms with van der Waals surface area (Å²) < 4.78 is 26.7. The lowest BCUT2D eigenvalue weighted by atomic mass is 10.2. The molecule has 1 amide bonds. The molecule has 1 heterocycles. The normalized spacial score (nSPS) is 10.4. The maximum Gasteiger partial charge on any atom is 0.237 e. The Hall–Kier alpha value is -2.70. The van der Waals surface area contributed by atoms with E-state index in [9.17, 15) is 13.6 Å². The summed E-state index contributed by atoms with van der Waals surface area (Å²) in [6.07, 6.45) is 0.881. The van der Waals surface area contributed by atoms with E-state index in [0.717, 1.165) is 11.8 Å².